The first-order chi connectivity index (χ1) is 8.58. The Hall–Kier alpha value is -1.26. The number of nitrogens with two attached hydrogens (primary N) is 1. The number of rotatable bonds is 7. The molecule has 0 aliphatic heterocycles. The predicted molar refractivity (Wildman–Crippen MR) is 71.9 cm³/mol. The third kappa shape index (κ3) is 3.62. The fourth-order valence-electron chi connectivity index (χ4n) is 1.63. The third-order valence-electron chi connectivity index (χ3n) is 3.31. The molecule has 0 unspecified atom stereocenters. The van der Waals surface area contributed by atoms with Gasteiger partial charge in [-0.3, -0.25) is 0 Å². The van der Waals surface area contributed by atoms with Crippen LogP contribution in [-0.4, -0.2) is 24.4 Å². The van der Waals surface area contributed by atoms with E-state index in [2.05, 4.69) is 0 Å². The third-order valence-corrected chi connectivity index (χ3v) is 3.31. The van der Waals surface area contributed by atoms with Gasteiger partial charge in [0.1, 0.15) is 18.1 Å². The van der Waals surface area contributed by atoms with Crippen LogP contribution in [0.4, 0.5) is 0 Å². The lowest BCUT2D eigenvalue weighted by atomic mass is 9.99. The van der Waals surface area contributed by atoms with Crippen molar-refractivity contribution < 1.29 is 14.6 Å². The normalized spacial score (nSPS) is 11.4. The quantitative estimate of drug-likeness (QED) is 0.781. The largest absolute Gasteiger partial charge is 0.497 e. The summed E-state index contributed by atoms with van der Waals surface area (Å²) in [4.78, 5) is 0. The highest BCUT2D eigenvalue weighted by atomic mass is 16.5. The molecule has 0 aliphatic carbocycles. The molecular weight excluding hydrogens is 230 g/mol. The Morgan fingerprint density at radius 1 is 1.28 bits per heavy atom. The van der Waals surface area contributed by atoms with Crippen LogP contribution in [0, 0.1) is 0 Å². The smallest absolute Gasteiger partial charge is 0.127 e. The first-order valence-electron chi connectivity index (χ1n) is 6.30. The highest BCUT2D eigenvalue weighted by molar-refractivity contribution is 5.40. The summed E-state index contributed by atoms with van der Waals surface area (Å²) in [5.74, 6) is 1.40. The number of methoxy groups -OCH3 is 1. The summed E-state index contributed by atoms with van der Waals surface area (Å²) in [5.41, 5.74) is 5.79. The van der Waals surface area contributed by atoms with Gasteiger partial charge in [0, 0.05) is 18.2 Å². The fraction of sp³-hybridized carbons (Fsp3) is 0.571. The highest BCUT2D eigenvalue weighted by Gasteiger charge is 2.23. The summed E-state index contributed by atoms with van der Waals surface area (Å²) in [6, 6.07) is 5.53. The Balaban J connectivity index is 2.82. The first kappa shape index (κ1) is 14.8. The van der Waals surface area contributed by atoms with E-state index in [-0.39, 0.29) is 6.61 Å². The number of hydrogen-bond donors (Lipinski definition) is 2. The molecule has 1 rings (SSSR count). The van der Waals surface area contributed by atoms with Gasteiger partial charge in [0.2, 0.25) is 0 Å². The molecule has 4 nitrogen and oxygen atoms in total. The zero-order chi connectivity index (χ0) is 13.6. The number of ether oxygens (including phenoxy) is 2. The van der Waals surface area contributed by atoms with Crippen molar-refractivity contribution in [3.05, 3.63) is 23.8 Å². The van der Waals surface area contributed by atoms with Gasteiger partial charge in [-0.05, 0) is 18.9 Å². The first-order valence-corrected chi connectivity index (χ1v) is 6.30. The molecule has 3 N–H and O–H groups in total. The Labute approximate surface area is 109 Å². The van der Waals surface area contributed by atoms with Gasteiger partial charge in [-0.2, -0.15) is 0 Å². The monoisotopic (exact) mass is 253 g/mol. The van der Waals surface area contributed by atoms with E-state index in [9.17, 15) is 5.11 Å². The molecule has 1 aromatic carbocycles. The number of benzene rings is 1. The Morgan fingerprint density at radius 2 is 1.94 bits per heavy atom. The van der Waals surface area contributed by atoms with Crippen molar-refractivity contribution in [3.8, 4) is 11.5 Å². The van der Waals surface area contributed by atoms with Crippen LogP contribution in [0.25, 0.3) is 0 Å². The maximum Gasteiger partial charge on any atom is 0.127 e. The second kappa shape index (κ2) is 6.61. The van der Waals surface area contributed by atoms with Crippen LogP contribution < -0.4 is 15.2 Å². The molecular formula is C14H23NO3. The van der Waals surface area contributed by atoms with Crippen LogP contribution in [-0.2, 0) is 6.54 Å². The lowest BCUT2D eigenvalue weighted by molar-refractivity contribution is -0.0116. The fourth-order valence-corrected chi connectivity index (χ4v) is 1.63. The van der Waals surface area contributed by atoms with Crippen LogP contribution in [0.1, 0.15) is 32.3 Å². The summed E-state index contributed by atoms with van der Waals surface area (Å²) in [6.07, 6.45) is 1.32. The van der Waals surface area contributed by atoms with Crippen molar-refractivity contribution in [3.63, 3.8) is 0 Å². The molecule has 0 aliphatic rings. The van der Waals surface area contributed by atoms with Gasteiger partial charge in [0.15, 0.2) is 0 Å². The Bertz CT molecular complexity index is 375. The van der Waals surface area contributed by atoms with Gasteiger partial charge >= 0.3 is 0 Å². The highest BCUT2D eigenvalue weighted by Crippen LogP contribution is 2.26. The van der Waals surface area contributed by atoms with Crippen LogP contribution >= 0.6 is 0 Å². The van der Waals surface area contributed by atoms with Gasteiger partial charge in [0.05, 0.1) is 12.7 Å². The topological polar surface area (TPSA) is 64.7 Å². The second-order valence-corrected chi connectivity index (χ2v) is 4.40. The summed E-state index contributed by atoms with van der Waals surface area (Å²) in [5, 5.41) is 10.2. The molecule has 0 atom stereocenters. The SMILES string of the molecule is CCC(O)(CC)COc1cc(OC)ccc1CN. The maximum absolute atomic E-state index is 10.2. The van der Waals surface area contributed by atoms with E-state index in [1.807, 2.05) is 26.0 Å². The summed E-state index contributed by atoms with van der Waals surface area (Å²) < 4.78 is 10.9. The lowest BCUT2D eigenvalue weighted by Crippen LogP contribution is -2.34. The van der Waals surface area contributed by atoms with E-state index in [0.717, 1.165) is 11.3 Å². The molecule has 0 aromatic heterocycles. The van der Waals surface area contributed by atoms with Gasteiger partial charge in [-0.1, -0.05) is 19.9 Å². The molecule has 18 heavy (non-hydrogen) atoms. The molecule has 0 saturated heterocycles. The molecule has 0 saturated carbocycles. The van der Waals surface area contributed by atoms with Crippen LogP contribution in [0.3, 0.4) is 0 Å². The van der Waals surface area contributed by atoms with Crippen LogP contribution in [0.5, 0.6) is 11.5 Å². The number of aliphatic hydroxyl groups is 1. The van der Waals surface area contributed by atoms with Crippen LogP contribution in [0.15, 0.2) is 18.2 Å². The minimum Gasteiger partial charge on any atom is -0.497 e. The maximum atomic E-state index is 10.2. The minimum atomic E-state index is -0.783. The molecule has 0 radical (unpaired) electrons. The average Bonchev–Trinajstić information content (AvgIpc) is 2.44. The molecule has 0 spiro atoms. The molecule has 0 amide bonds. The average molecular weight is 253 g/mol. The van der Waals surface area contributed by atoms with Gasteiger partial charge in [-0.15, -0.1) is 0 Å². The van der Waals surface area contributed by atoms with Gasteiger partial charge in [0.25, 0.3) is 0 Å². The second-order valence-electron chi connectivity index (χ2n) is 4.40. The minimum absolute atomic E-state index is 0.264. The van der Waals surface area contributed by atoms with Gasteiger partial charge in [-0.25, -0.2) is 0 Å². The van der Waals surface area contributed by atoms with Crippen molar-refractivity contribution in [2.75, 3.05) is 13.7 Å². The summed E-state index contributed by atoms with van der Waals surface area (Å²) >= 11 is 0. The number of hydrogen-bond acceptors (Lipinski definition) is 4. The van der Waals surface area contributed by atoms with Crippen molar-refractivity contribution in [1.82, 2.24) is 0 Å². The standard InChI is InChI=1S/C14H23NO3/c1-4-14(16,5-2)10-18-13-8-12(17-3)7-6-11(13)9-15/h6-8,16H,4-5,9-10,15H2,1-3H3. The Kier molecular flexibility index (Phi) is 5.44. The van der Waals surface area contributed by atoms with Crippen molar-refractivity contribution in [2.45, 2.75) is 38.8 Å². The van der Waals surface area contributed by atoms with Crippen LogP contribution in [0.2, 0.25) is 0 Å². The van der Waals surface area contributed by atoms with E-state index in [0.29, 0.717) is 25.1 Å². The summed E-state index contributed by atoms with van der Waals surface area (Å²) in [7, 11) is 1.61. The summed E-state index contributed by atoms with van der Waals surface area (Å²) in [6.45, 7) is 4.56. The Morgan fingerprint density at radius 3 is 2.44 bits per heavy atom. The van der Waals surface area contributed by atoms with Crippen molar-refractivity contribution in [1.29, 1.82) is 0 Å². The zero-order valence-electron chi connectivity index (χ0n) is 11.4. The van der Waals surface area contributed by atoms with Gasteiger partial charge < -0.3 is 20.3 Å². The molecule has 0 bridgehead atoms. The lowest BCUT2D eigenvalue weighted by Gasteiger charge is -2.25. The molecule has 0 heterocycles. The van der Waals surface area contributed by atoms with E-state index < -0.39 is 5.60 Å². The predicted octanol–water partition coefficient (Wildman–Crippen LogP) is 2.08. The van der Waals surface area contributed by atoms with Crippen molar-refractivity contribution >= 4 is 0 Å². The zero-order valence-corrected chi connectivity index (χ0v) is 11.4. The van der Waals surface area contributed by atoms with E-state index >= 15 is 0 Å². The molecule has 0 fully saturated rings. The van der Waals surface area contributed by atoms with E-state index in [1.54, 1.807) is 13.2 Å². The molecule has 102 valence electrons. The molecule has 1 aromatic rings. The van der Waals surface area contributed by atoms with E-state index in [1.165, 1.54) is 0 Å². The molecule has 4 heteroatoms. The van der Waals surface area contributed by atoms with Crippen molar-refractivity contribution in [2.24, 2.45) is 5.73 Å². The van der Waals surface area contributed by atoms with E-state index in [4.69, 9.17) is 15.2 Å².